The molecule has 0 bridgehead atoms. The minimum Gasteiger partial charge on any atom is -0.354 e. The van der Waals surface area contributed by atoms with Gasteiger partial charge in [-0.05, 0) is 50.2 Å². The van der Waals surface area contributed by atoms with Crippen LogP contribution in [0.3, 0.4) is 0 Å². The number of hydrogen-bond acceptors (Lipinski definition) is 8. The Morgan fingerprint density at radius 1 is 0.943 bits per heavy atom. The molecule has 35 heavy (non-hydrogen) atoms. The molecule has 0 unspecified atom stereocenters. The van der Waals surface area contributed by atoms with Gasteiger partial charge in [-0.3, -0.25) is 14.4 Å². The summed E-state index contributed by atoms with van der Waals surface area (Å²) in [6.45, 7) is 4.88. The molecule has 11 heteroatoms. The van der Waals surface area contributed by atoms with Crippen LogP contribution in [0.5, 0.6) is 0 Å². The maximum Gasteiger partial charge on any atom is 0.275 e. The first kappa shape index (κ1) is 24.2. The number of amides is 2. The van der Waals surface area contributed by atoms with Gasteiger partial charge >= 0.3 is 0 Å². The normalized spacial score (nSPS) is 13.6. The highest BCUT2D eigenvalue weighted by Crippen LogP contribution is 2.21. The number of nitrogens with one attached hydrogen (secondary N) is 3. The van der Waals surface area contributed by atoms with Crippen molar-refractivity contribution < 1.29 is 14.4 Å². The number of anilines is 3. The lowest BCUT2D eigenvalue weighted by molar-refractivity contribution is 0.101. The molecule has 0 atom stereocenters. The maximum atomic E-state index is 13.0. The van der Waals surface area contributed by atoms with Crippen molar-refractivity contribution in [3.63, 3.8) is 0 Å². The average Bonchev–Trinajstić information content (AvgIpc) is 3.15. The molecule has 1 aromatic carbocycles. The molecule has 2 aromatic heterocycles. The molecule has 3 N–H and O–H groups in total. The number of halogens is 1. The SMILES string of the molecule is CC(=O)c1ccc(NC(=O)c2cnc(N3CCCNCC3)cn2)c(C(=O)Nc2ccc(Cl)cn2)c1. The number of hydrogen-bond donors (Lipinski definition) is 3. The topological polar surface area (TPSA) is 129 Å². The van der Waals surface area contributed by atoms with E-state index in [-0.39, 0.29) is 28.5 Å². The highest BCUT2D eigenvalue weighted by Gasteiger charge is 2.19. The van der Waals surface area contributed by atoms with Crippen molar-refractivity contribution in [2.45, 2.75) is 13.3 Å². The summed E-state index contributed by atoms with van der Waals surface area (Å²) in [6.07, 6.45) is 5.37. The molecule has 180 valence electrons. The van der Waals surface area contributed by atoms with Crippen LogP contribution >= 0.6 is 11.6 Å². The van der Waals surface area contributed by atoms with Crippen LogP contribution in [0.25, 0.3) is 0 Å². The Labute approximate surface area is 207 Å². The van der Waals surface area contributed by atoms with E-state index in [4.69, 9.17) is 11.6 Å². The highest BCUT2D eigenvalue weighted by molar-refractivity contribution is 6.30. The molecule has 3 heterocycles. The summed E-state index contributed by atoms with van der Waals surface area (Å²) in [7, 11) is 0. The second-order valence-corrected chi connectivity index (χ2v) is 8.37. The van der Waals surface area contributed by atoms with Crippen LogP contribution in [0.15, 0.2) is 48.9 Å². The summed E-state index contributed by atoms with van der Waals surface area (Å²) in [5, 5.41) is 9.10. The fourth-order valence-electron chi connectivity index (χ4n) is 3.56. The Kier molecular flexibility index (Phi) is 7.64. The molecule has 0 saturated carbocycles. The number of ketones is 1. The van der Waals surface area contributed by atoms with Gasteiger partial charge in [0.1, 0.15) is 17.3 Å². The highest BCUT2D eigenvalue weighted by atomic mass is 35.5. The molecule has 0 aliphatic carbocycles. The number of Topliss-reactive ketones (excluding diaryl/α,β-unsaturated/α-hetero) is 1. The van der Waals surface area contributed by atoms with Crippen molar-refractivity contribution in [3.8, 4) is 0 Å². The Morgan fingerprint density at radius 2 is 1.80 bits per heavy atom. The van der Waals surface area contributed by atoms with Crippen LogP contribution in [0, 0.1) is 0 Å². The van der Waals surface area contributed by atoms with Gasteiger partial charge in [0.15, 0.2) is 5.78 Å². The summed E-state index contributed by atoms with van der Waals surface area (Å²) in [4.78, 5) is 52.6. The maximum absolute atomic E-state index is 13.0. The monoisotopic (exact) mass is 493 g/mol. The second-order valence-electron chi connectivity index (χ2n) is 7.94. The molecule has 1 aliphatic heterocycles. The Morgan fingerprint density at radius 3 is 2.51 bits per heavy atom. The van der Waals surface area contributed by atoms with Gasteiger partial charge in [0.05, 0.1) is 28.7 Å². The molecule has 2 amide bonds. The van der Waals surface area contributed by atoms with E-state index >= 15 is 0 Å². The number of carbonyl (C=O) groups excluding carboxylic acids is 3. The van der Waals surface area contributed by atoms with Crippen molar-refractivity contribution >= 4 is 46.5 Å². The first-order valence-electron chi connectivity index (χ1n) is 11.1. The molecule has 3 aromatic rings. The molecule has 0 spiro atoms. The summed E-state index contributed by atoms with van der Waals surface area (Å²) in [5.41, 5.74) is 0.747. The lowest BCUT2D eigenvalue weighted by Crippen LogP contribution is -2.29. The van der Waals surface area contributed by atoms with Crippen LogP contribution in [0.1, 0.15) is 44.5 Å². The largest absolute Gasteiger partial charge is 0.354 e. The lowest BCUT2D eigenvalue weighted by Gasteiger charge is -2.20. The molecule has 1 saturated heterocycles. The lowest BCUT2D eigenvalue weighted by atomic mass is 10.0. The summed E-state index contributed by atoms with van der Waals surface area (Å²) < 4.78 is 0. The van der Waals surface area contributed by atoms with Crippen molar-refractivity contribution in [1.82, 2.24) is 20.3 Å². The number of carbonyl (C=O) groups is 3. The van der Waals surface area contributed by atoms with E-state index in [1.807, 2.05) is 0 Å². The van der Waals surface area contributed by atoms with Gasteiger partial charge in [0.25, 0.3) is 11.8 Å². The minimum atomic E-state index is -0.547. The zero-order valence-electron chi connectivity index (χ0n) is 19.0. The summed E-state index contributed by atoms with van der Waals surface area (Å²) >= 11 is 5.85. The molecular weight excluding hydrogens is 470 g/mol. The van der Waals surface area contributed by atoms with Crippen molar-refractivity contribution in [2.75, 3.05) is 41.7 Å². The van der Waals surface area contributed by atoms with E-state index in [0.29, 0.717) is 16.4 Å². The van der Waals surface area contributed by atoms with E-state index in [1.54, 1.807) is 18.3 Å². The molecule has 0 radical (unpaired) electrons. The Balaban J connectivity index is 1.53. The van der Waals surface area contributed by atoms with Crippen molar-refractivity contribution in [2.24, 2.45) is 0 Å². The van der Waals surface area contributed by atoms with Gasteiger partial charge in [0.2, 0.25) is 0 Å². The zero-order chi connectivity index (χ0) is 24.8. The third kappa shape index (κ3) is 6.17. The van der Waals surface area contributed by atoms with Gasteiger partial charge in [-0.2, -0.15) is 0 Å². The van der Waals surface area contributed by atoms with Gasteiger partial charge in [0, 0.05) is 31.4 Å². The average molecular weight is 494 g/mol. The predicted molar refractivity (Wildman–Crippen MR) is 133 cm³/mol. The standard InChI is InChI=1S/C24H24ClN7O3/c1-15(33)16-3-5-19(18(11-16)23(34)31-21-6-4-17(25)12-28-21)30-24(35)20-13-29-22(14-27-20)32-9-2-7-26-8-10-32/h3-6,11-14,26H,2,7-10H2,1H3,(H,30,35)(H,28,31,34). The third-order valence-corrected chi connectivity index (χ3v) is 5.65. The fourth-order valence-corrected chi connectivity index (χ4v) is 3.67. The Bertz CT molecular complexity index is 1220. The first-order chi connectivity index (χ1) is 16.9. The number of benzene rings is 1. The number of pyridine rings is 1. The van der Waals surface area contributed by atoms with Gasteiger partial charge in [-0.15, -0.1) is 0 Å². The van der Waals surface area contributed by atoms with Crippen molar-refractivity contribution in [1.29, 1.82) is 0 Å². The van der Waals surface area contributed by atoms with Crippen LogP contribution in [0.2, 0.25) is 5.02 Å². The van der Waals surface area contributed by atoms with E-state index in [9.17, 15) is 14.4 Å². The quantitative estimate of drug-likeness (QED) is 0.447. The molecular formula is C24H24ClN7O3. The first-order valence-corrected chi connectivity index (χ1v) is 11.5. The summed E-state index contributed by atoms with van der Waals surface area (Å²) in [6, 6.07) is 7.60. The molecule has 10 nitrogen and oxygen atoms in total. The predicted octanol–water partition coefficient (Wildman–Crippen LogP) is 3.03. The van der Waals surface area contributed by atoms with Crippen LogP contribution in [-0.2, 0) is 0 Å². The van der Waals surface area contributed by atoms with Gasteiger partial charge in [-0.25, -0.2) is 15.0 Å². The van der Waals surface area contributed by atoms with Crippen molar-refractivity contribution in [3.05, 3.63) is 70.8 Å². The molecule has 1 fully saturated rings. The van der Waals surface area contributed by atoms with Crippen LogP contribution in [-0.4, -0.2) is 58.7 Å². The van der Waals surface area contributed by atoms with Crippen LogP contribution < -0.4 is 20.9 Å². The van der Waals surface area contributed by atoms with E-state index < -0.39 is 11.8 Å². The summed E-state index contributed by atoms with van der Waals surface area (Å²) in [5.74, 6) is -0.321. The van der Waals surface area contributed by atoms with Gasteiger partial charge in [-0.1, -0.05) is 11.6 Å². The third-order valence-electron chi connectivity index (χ3n) is 5.42. The van der Waals surface area contributed by atoms with Crippen LogP contribution in [0.4, 0.5) is 17.3 Å². The fraction of sp³-hybridized carbons (Fsp3) is 0.250. The van der Waals surface area contributed by atoms with Gasteiger partial charge < -0.3 is 20.9 Å². The molecule has 4 rings (SSSR count). The number of aromatic nitrogens is 3. The second kappa shape index (κ2) is 11.0. The Hall–Kier alpha value is -3.89. The minimum absolute atomic E-state index is 0.100. The number of nitrogens with zero attached hydrogens (tertiary/aromatic N) is 4. The zero-order valence-corrected chi connectivity index (χ0v) is 19.8. The molecule has 1 aliphatic rings. The van der Waals surface area contributed by atoms with E-state index in [1.165, 1.54) is 37.5 Å². The smallest absolute Gasteiger partial charge is 0.275 e. The number of rotatable bonds is 6. The van der Waals surface area contributed by atoms with E-state index in [2.05, 4.69) is 35.8 Å². The van der Waals surface area contributed by atoms with E-state index in [0.717, 1.165) is 32.6 Å².